The van der Waals surface area contributed by atoms with Crippen LogP contribution in [0.3, 0.4) is 0 Å². The summed E-state index contributed by atoms with van der Waals surface area (Å²) in [4.78, 5) is 10.2. The topological polar surface area (TPSA) is 50.9 Å². The molecule has 1 N–H and O–H groups in total. The number of hydrogen-bond acceptors (Lipinski definition) is 3. The molecule has 0 spiro atoms. The van der Waals surface area contributed by atoms with Crippen molar-refractivity contribution in [1.82, 2.24) is 14.5 Å². The first-order valence-corrected chi connectivity index (χ1v) is 19.6. The third-order valence-electron chi connectivity index (χ3n) is 10.9. The standard InChI is InChI=1S/C53H50N3O.Pt/c1-33(2)39-26-40(34(3)4)28-41(27-39)37-21-22-48(35(5)25-37)56-49-19-14-18-45(51(49)55-52(56)46-17-12-13-20-50(46)57)42-29-43(31-44(30-42)53(6,7)8)47-32-38(23-24-54-47)36-15-10-9-11-16-36;/h9-28,30-34,57H,1-8H3;/q-1;/i33D,34D;. The molecule has 0 aliphatic carbocycles. The number of aromatic nitrogens is 3. The van der Waals surface area contributed by atoms with Crippen molar-refractivity contribution in [1.29, 1.82) is 0 Å². The van der Waals surface area contributed by atoms with Gasteiger partial charge in [0.2, 0.25) is 0 Å². The first-order valence-electron chi connectivity index (χ1n) is 20.6. The van der Waals surface area contributed by atoms with E-state index in [0.29, 0.717) is 11.4 Å². The molecule has 5 heteroatoms. The van der Waals surface area contributed by atoms with Gasteiger partial charge in [-0.25, -0.2) is 4.98 Å². The second kappa shape index (κ2) is 16.4. The predicted molar refractivity (Wildman–Crippen MR) is 238 cm³/mol. The monoisotopic (exact) mass is 941 g/mol. The van der Waals surface area contributed by atoms with E-state index < -0.39 is 11.8 Å². The van der Waals surface area contributed by atoms with Gasteiger partial charge in [-0.3, -0.25) is 9.55 Å². The number of fused-ring (bicyclic) bond motifs is 1. The number of imidazole rings is 1. The number of benzene rings is 6. The van der Waals surface area contributed by atoms with Crippen LogP contribution in [0, 0.1) is 13.0 Å². The van der Waals surface area contributed by atoms with Crippen LogP contribution in [0.2, 0.25) is 0 Å². The normalized spacial score (nSPS) is 12.6. The van der Waals surface area contributed by atoms with E-state index in [1.807, 2.05) is 70.3 Å². The molecule has 58 heavy (non-hydrogen) atoms. The van der Waals surface area contributed by atoms with E-state index in [2.05, 4.69) is 129 Å². The fourth-order valence-corrected chi connectivity index (χ4v) is 7.54. The largest absolute Gasteiger partial charge is 0.507 e. The molecule has 0 saturated heterocycles. The Morgan fingerprint density at radius 1 is 0.655 bits per heavy atom. The molecule has 8 rings (SSSR count). The molecular weight excluding hydrogens is 890 g/mol. The number of pyridine rings is 1. The van der Waals surface area contributed by atoms with E-state index in [1.165, 1.54) is 0 Å². The van der Waals surface area contributed by atoms with Gasteiger partial charge in [0.1, 0.15) is 11.6 Å². The number of para-hydroxylation sites is 2. The summed E-state index contributed by atoms with van der Waals surface area (Å²) in [5, 5.41) is 11.3. The van der Waals surface area contributed by atoms with Gasteiger partial charge >= 0.3 is 0 Å². The third kappa shape index (κ3) is 7.96. The van der Waals surface area contributed by atoms with Gasteiger partial charge < -0.3 is 5.11 Å². The molecule has 0 radical (unpaired) electrons. The number of aryl methyl sites for hydroxylation is 1. The second-order valence-electron chi connectivity index (χ2n) is 16.5. The number of phenolic OH excluding ortho intramolecular Hbond substituents is 1. The van der Waals surface area contributed by atoms with Crippen molar-refractivity contribution in [3.8, 4) is 67.5 Å². The van der Waals surface area contributed by atoms with Crippen molar-refractivity contribution in [2.24, 2.45) is 0 Å². The van der Waals surface area contributed by atoms with Crippen LogP contribution in [0.1, 0.15) is 85.2 Å². The Morgan fingerprint density at radius 2 is 1.31 bits per heavy atom. The van der Waals surface area contributed by atoms with Gasteiger partial charge in [-0.15, -0.1) is 29.3 Å². The molecule has 4 nitrogen and oxygen atoms in total. The van der Waals surface area contributed by atoms with Crippen LogP contribution < -0.4 is 0 Å². The molecule has 2 aromatic heterocycles. The Bertz CT molecular complexity index is 2830. The Morgan fingerprint density at radius 3 is 1.98 bits per heavy atom. The number of phenols is 1. The molecule has 6 aromatic carbocycles. The van der Waals surface area contributed by atoms with Crippen molar-refractivity contribution in [3.63, 3.8) is 0 Å². The van der Waals surface area contributed by atoms with Gasteiger partial charge in [0.25, 0.3) is 0 Å². The SMILES string of the molecule is [2H]C(C)(C)c1cc(-c2ccc(-n3c(-c4ccccc4O)nc4c(-c5[c-]c(-c6cc(-c7ccccc7)ccn6)cc(C(C)(C)C)c5)cccc43)c(C)c2)cc(C([2H])(C)C)c1.[Pt]. The Labute approximate surface area is 360 Å². The van der Waals surface area contributed by atoms with Gasteiger partial charge in [-0.2, -0.15) is 0 Å². The first kappa shape index (κ1) is 38.0. The van der Waals surface area contributed by atoms with Gasteiger partial charge in [0, 0.05) is 35.7 Å². The molecule has 0 amide bonds. The van der Waals surface area contributed by atoms with Crippen molar-refractivity contribution in [3.05, 3.63) is 168 Å². The van der Waals surface area contributed by atoms with E-state index in [1.54, 1.807) is 6.07 Å². The predicted octanol–water partition coefficient (Wildman–Crippen LogP) is 14.1. The van der Waals surface area contributed by atoms with Crippen molar-refractivity contribution in [2.45, 2.75) is 72.6 Å². The summed E-state index contributed by atoms with van der Waals surface area (Å²) in [5.41, 5.74) is 14.8. The average Bonchev–Trinajstić information content (AvgIpc) is 3.59. The minimum atomic E-state index is -0.821. The fraction of sp³-hybridized carbons (Fsp3) is 0.208. The second-order valence-corrected chi connectivity index (χ2v) is 16.5. The molecule has 0 fully saturated rings. The Balaban J connectivity index is 0.00000544. The summed E-state index contributed by atoms with van der Waals surface area (Å²) >= 11 is 0. The van der Waals surface area contributed by atoms with E-state index in [0.717, 1.165) is 83.6 Å². The third-order valence-corrected chi connectivity index (χ3v) is 10.9. The van der Waals surface area contributed by atoms with Crippen LogP contribution in [-0.4, -0.2) is 19.6 Å². The number of aromatic hydroxyl groups is 1. The van der Waals surface area contributed by atoms with Crippen LogP contribution in [-0.2, 0) is 26.5 Å². The van der Waals surface area contributed by atoms with Gasteiger partial charge in [0.15, 0.2) is 0 Å². The van der Waals surface area contributed by atoms with Crippen LogP contribution in [0.4, 0.5) is 0 Å². The zero-order valence-corrected chi connectivity index (χ0v) is 36.7. The van der Waals surface area contributed by atoms with Crippen LogP contribution in [0.15, 0.2) is 140 Å². The van der Waals surface area contributed by atoms with Crippen molar-refractivity contribution in [2.75, 3.05) is 0 Å². The molecule has 2 heterocycles. The number of hydrogen-bond donors (Lipinski definition) is 1. The fourth-order valence-electron chi connectivity index (χ4n) is 7.54. The minimum absolute atomic E-state index is 0. The average molecular weight is 942 g/mol. The zero-order valence-electron chi connectivity index (χ0n) is 36.4. The van der Waals surface area contributed by atoms with Crippen molar-refractivity contribution >= 4 is 11.0 Å². The first-order chi connectivity index (χ1) is 28.0. The summed E-state index contributed by atoms with van der Waals surface area (Å²) in [6, 6.07) is 48.9. The molecule has 0 saturated carbocycles. The summed E-state index contributed by atoms with van der Waals surface area (Å²) in [5.74, 6) is -0.869. The van der Waals surface area contributed by atoms with Crippen LogP contribution >= 0.6 is 0 Å². The Kier molecular flexibility index (Phi) is 10.7. The summed E-state index contributed by atoms with van der Waals surface area (Å²) in [6.45, 7) is 16.3. The molecule has 0 unspecified atom stereocenters. The maximum atomic E-state index is 11.3. The smallest absolute Gasteiger partial charge is 0.148 e. The number of rotatable bonds is 8. The maximum Gasteiger partial charge on any atom is 0.148 e. The minimum Gasteiger partial charge on any atom is -0.507 e. The quantitative estimate of drug-likeness (QED) is 0.154. The maximum absolute atomic E-state index is 11.3. The molecule has 0 aliphatic heterocycles. The molecule has 0 aliphatic rings. The molecule has 294 valence electrons. The van der Waals surface area contributed by atoms with E-state index in [9.17, 15) is 5.11 Å². The Hall–Kier alpha value is -5.57. The van der Waals surface area contributed by atoms with E-state index in [-0.39, 0.29) is 32.2 Å². The van der Waals surface area contributed by atoms with Crippen LogP contribution in [0.5, 0.6) is 5.75 Å². The molecule has 0 atom stereocenters. The van der Waals surface area contributed by atoms with Gasteiger partial charge in [-0.05, 0) is 99.5 Å². The van der Waals surface area contributed by atoms with Gasteiger partial charge in [-0.1, -0.05) is 145 Å². The van der Waals surface area contributed by atoms with Crippen molar-refractivity contribution < 1.29 is 28.9 Å². The molecule has 0 bridgehead atoms. The molecular formula is C53H50N3OPt-. The van der Waals surface area contributed by atoms with Gasteiger partial charge in [0.05, 0.1) is 22.3 Å². The summed E-state index contributed by atoms with van der Waals surface area (Å²) in [6.07, 6.45) is 1.87. The number of nitrogens with zero attached hydrogens (tertiary/aromatic N) is 3. The van der Waals surface area contributed by atoms with E-state index >= 15 is 0 Å². The molecule has 8 aromatic rings. The van der Waals surface area contributed by atoms with Crippen LogP contribution in [0.25, 0.3) is 72.7 Å². The summed E-state index contributed by atoms with van der Waals surface area (Å²) in [7, 11) is 0. The summed E-state index contributed by atoms with van der Waals surface area (Å²) < 4.78 is 19.8. The zero-order chi connectivity index (χ0) is 41.9. The van der Waals surface area contributed by atoms with E-state index in [4.69, 9.17) is 12.7 Å².